The monoisotopic (exact) mass is 285 g/mol. The van der Waals surface area contributed by atoms with Crippen molar-refractivity contribution in [3.63, 3.8) is 0 Å². The molecule has 1 unspecified atom stereocenters. The van der Waals surface area contributed by atoms with Crippen LogP contribution in [0.4, 0.5) is 0 Å². The molecule has 1 heteroatoms. The fraction of sp³-hybridized carbons (Fsp3) is 0.600. The standard InChI is InChI=1S/C20H31N/c1-6-14-21(17(3)19-12-13-19)15-20(4,5)16(2)18-10-8-7-9-11-18/h7-11,16,19H,3,6,12-15H2,1-2,4-5H3. The Morgan fingerprint density at radius 2 is 1.90 bits per heavy atom. The van der Waals surface area contributed by atoms with Gasteiger partial charge < -0.3 is 4.90 Å². The summed E-state index contributed by atoms with van der Waals surface area (Å²) in [5.74, 6) is 1.31. The lowest BCUT2D eigenvalue weighted by Crippen LogP contribution is -2.37. The zero-order valence-corrected chi connectivity index (χ0v) is 14.2. The van der Waals surface area contributed by atoms with Crippen molar-refractivity contribution >= 4 is 0 Å². The zero-order valence-electron chi connectivity index (χ0n) is 14.2. The number of allylic oxidation sites excluding steroid dienone is 1. The van der Waals surface area contributed by atoms with Gasteiger partial charge in [0.15, 0.2) is 0 Å². The summed E-state index contributed by atoms with van der Waals surface area (Å²) in [4.78, 5) is 2.55. The third-order valence-corrected chi connectivity index (χ3v) is 5.02. The van der Waals surface area contributed by atoms with Gasteiger partial charge in [-0.2, -0.15) is 0 Å². The van der Waals surface area contributed by atoms with Crippen molar-refractivity contribution in [1.82, 2.24) is 4.90 Å². The first-order valence-corrected chi connectivity index (χ1v) is 8.44. The van der Waals surface area contributed by atoms with Crippen molar-refractivity contribution in [3.8, 4) is 0 Å². The molecule has 1 fully saturated rings. The van der Waals surface area contributed by atoms with E-state index in [2.05, 4.69) is 69.5 Å². The summed E-state index contributed by atoms with van der Waals surface area (Å²) in [5, 5.41) is 0. The van der Waals surface area contributed by atoms with Crippen LogP contribution in [0.2, 0.25) is 0 Å². The van der Waals surface area contributed by atoms with Crippen molar-refractivity contribution in [2.75, 3.05) is 13.1 Å². The van der Waals surface area contributed by atoms with E-state index in [9.17, 15) is 0 Å². The highest BCUT2D eigenvalue weighted by atomic mass is 15.1. The van der Waals surface area contributed by atoms with Gasteiger partial charge in [-0.25, -0.2) is 0 Å². The molecule has 0 amide bonds. The molecule has 2 rings (SSSR count). The third kappa shape index (κ3) is 4.12. The molecule has 1 nitrogen and oxygen atoms in total. The molecule has 0 aromatic heterocycles. The molecule has 1 aromatic rings. The number of hydrogen-bond acceptors (Lipinski definition) is 1. The van der Waals surface area contributed by atoms with E-state index in [1.807, 2.05) is 0 Å². The van der Waals surface area contributed by atoms with E-state index in [4.69, 9.17) is 0 Å². The molecule has 0 bridgehead atoms. The molecular weight excluding hydrogens is 254 g/mol. The van der Waals surface area contributed by atoms with Gasteiger partial charge in [-0.3, -0.25) is 0 Å². The van der Waals surface area contributed by atoms with E-state index < -0.39 is 0 Å². The van der Waals surface area contributed by atoms with Crippen molar-refractivity contribution < 1.29 is 0 Å². The van der Waals surface area contributed by atoms with Gasteiger partial charge in [0, 0.05) is 18.8 Å². The molecule has 21 heavy (non-hydrogen) atoms. The Bertz CT molecular complexity index is 456. The molecule has 0 radical (unpaired) electrons. The van der Waals surface area contributed by atoms with Gasteiger partial charge in [0.25, 0.3) is 0 Å². The molecule has 1 atom stereocenters. The second-order valence-corrected chi connectivity index (χ2v) is 7.31. The maximum Gasteiger partial charge on any atom is 0.0231 e. The second-order valence-electron chi connectivity index (χ2n) is 7.31. The Kier molecular flexibility index (Phi) is 5.13. The summed E-state index contributed by atoms with van der Waals surface area (Å²) < 4.78 is 0. The molecule has 0 saturated heterocycles. The van der Waals surface area contributed by atoms with Crippen molar-refractivity contribution in [3.05, 3.63) is 48.2 Å². The number of rotatable bonds is 8. The van der Waals surface area contributed by atoms with E-state index in [1.165, 1.54) is 30.5 Å². The van der Waals surface area contributed by atoms with Crippen molar-refractivity contribution in [1.29, 1.82) is 0 Å². The minimum absolute atomic E-state index is 0.244. The van der Waals surface area contributed by atoms with Gasteiger partial charge in [0.2, 0.25) is 0 Å². The molecule has 1 aliphatic rings. The molecule has 116 valence electrons. The first kappa shape index (κ1) is 16.1. The minimum Gasteiger partial charge on any atom is -0.375 e. The van der Waals surface area contributed by atoms with Crippen LogP contribution in [0.1, 0.15) is 58.4 Å². The van der Waals surface area contributed by atoms with Crippen LogP contribution >= 0.6 is 0 Å². The summed E-state index contributed by atoms with van der Waals surface area (Å²) in [5.41, 5.74) is 3.06. The van der Waals surface area contributed by atoms with E-state index in [0.717, 1.165) is 19.0 Å². The average molecular weight is 285 g/mol. The van der Waals surface area contributed by atoms with Crippen LogP contribution < -0.4 is 0 Å². The lowest BCUT2D eigenvalue weighted by Gasteiger charge is -2.39. The minimum atomic E-state index is 0.244. The molecule has 0 N–H and O–H groups in total. The first-order chi connectivity index (χ1) is 9.95. The Balaban J connectivity index is 2.08. The van der Waals surface area contributed by atoms with Crippen LogP contribution in [0, 0.1) is 11.3 Å². The average Bonchev–Trinajstić information content (AvgIpc) is 3.30. The molecular formula is C20H31N. The highest BCUT2D eigenvalue weighted by Crippen LogP contribution is 2.41. The lowest BCUT2D eigenvalue weighted by molar-refractivity contribution is 0.182. The van der Waals surface area contributed by atoms with Crippen LogP contribution in [0.5, 0.6) is 0 Å². The van der Waals surface area contributed by atoms with Gasteiger partial charge in [-0.15, -0.1) is 0 Å². The normalized spacial score (nSPS) is 16.6. The smallest absolute Gasteiger partial charge is 0.0231 e. The van der Waals surface area contributed by atoms with Crippen molar-refractivity contribution in [2.24, 2.45) is 11.3 Å². The quantitative estimate of drug-likeness (QED) is 0.613. The molecule has 0 aliphatic heterocycles. The highest BCUT2D eigenvalue weighted by Gasteiger charge is 2.33. The number of benzene rings is 1. The van der Waals surface area contributed by atoms with E-state index in [1.54, 1.807) is 0 Å². The fourth-order valence-corrected chi connectivity index (χ4v) is 3.09. The number of nitrogens with zero attached hydrogens (tertiary/aromatic N) is 1. The SMILES string of the molecule is C=C(C1CC1)N(CCC)CC(C)(C)C(C)c1ccccc1. The summed E-state index contributed by atoms with van der Waals surface area (Å²) in [6, 6.07) is 10.9. The van der Waals surface area contributed by atoms with Gasteiger partial charge in [-0.1, -0.05) is 64.6 Å². The van der Waals surface area contributed by atoms with Gasteiger partial charge in [-0.05, 0) is 42.1 Å². The zero-order chi connectivity index (χ0) is 15.5. The predicted molar refractivity (Wildman–Crippen MR) is 92.4 cm³/mol. The first-order valence-electron chi connectivity index (χ1n) is 8.44. The fourth-order valence-electron chi connectivity index (χ4n) is 3.09. The Hall–Kier alpha value is -1.24. The molecule has 0 spiro atoms. The maximum atomic E-state index is 4.38. The van der Waals surface area contributed by atoms with Gasteiger partial charge in [0.05, 0.1) is 0 Å². The maximum absolute atomic E-state index is 4.38. The van der Waals surface area contributed by atoms with Gasteiger partial charge in [0.1, 0.15) is 0 Å². The van der Waals surface area contributed by atoms with E-state index in [0.29, 0.717) is 5.92 Å². The predicted octanol–water partition coefficient (Wildman–Crippen LogP) is 5.45. The van der Waals surface area contributed by atoms with Crippen LogP contribution in [0.25, 0.3) is 0 Å². The van der Waals surface area contributed by atoms with Crippen LogP contribution in [-0.2, 0) is 0 Å². The summed E-state index contributed by atoms with van der Waals surface area (Å²) in [6.07, 6.45) is 3.88. The van der Waals surface area contributed by atoms with Crippen molar-refractivity contribution in [2.45, 2.75) is 52.9 Å². The van der Waals surface area contributed by atoms with Crippen LogP contribution in [-0.4, -0.2) is 18.0 Å². The Labute approximate surface area is 131 Å². The van der Waals surface area contributed by atoms with Crippen LogP contribution in [0.15, 0.2) is 42.6 Å². The van der Waals surface area contributed by atoms with Gasteiger partial charge >= 0.3 is 0 Å². The van der Waals surface area contributed by atoms with E-state index >= 15 is 0 Å². The summed E-state index contributed by atoms with van der Waals surface area (Å²) in [7, 11) is 0. The molecule has 1 saturated carbocycles. The summed E-state index contributed by atoms with van der Waals surface area (Å²) in [6.45, 7) is 16.0. The topological polar surface area (TPSA) is 3.24 Å². The Morgan fingerprint density at radius 1 is 1.29 bits per heavy atom. The number of hydrogen-bond donors (Lipinski definition) is 0. The second kappa shape index (κ2) is 6.68. The molecule has 1 aliphatic carbocycles. The van der Waals surface area contributed by atoms with Crippen LogP contribution in [0.3, 0.4) is 0 Å². The summed E-state index contributed by atoms with van der Waals surface area (Å²) >= 11 is 0. The highest BCUT2D eigenvalue weighted by molar-refractivity contribution is 5.21. The third-order valence-electron chi connectivity index (χ3n) is 5.02. The van der Waals surface area contributed by atoms with E-state index in [-0.39, 0.29) is 5.41 Å². The Morgan fingerprint density at radius 3 is 2.43 bits per heavy atom. The largest absolute Gasteiger partial charge is 0.375 e. The molecule has 0 heterocycles. The molecule has 1 aromatic carbocycles. The lowest BCUT2D eigenvalue weighted by atomic mass is 9.75.